The molecule has 4 aromatic rings. The number of nitro benzene ring substituents is 1. The van der Waals surface area contributed by atoms with Gasteiger partial charge in [-0.15, -0.1) is 0 Å². The number of benzene rings is 3. The van der Waals surface area contributed by atoms with Crippen molar-refractivity contribution in [2.45, 2.75) is 26.3 Å². The smallest absolute Gasteiger partial charge is 0.270 e. The first kappa shape index (κ1) is 20.8. The molecule has 0 aliphatic rings. The molecule has 3 aromatic carbocycles. The van der Waals surface area contributed by atoms with Crippen LogP contribution in [0.5, 0.6) is 0 Å². The van der Waals surface area contributed by atoms with Crippen LogP contribution in [0, 0.1) is 10.1 Å². The van der Waals surface area contributed by atoms with Crippen LogP contribution >= 0.6 is 11.6 Å². The SMILES string of the molecule is CCCc1nc2ccc([N+](=O)[O-])cc2c(=O)n1Cc1ccc(-c2ccccc2Cl)cc1. The average molecular weight is 434 g/mol. The number of non-ortho nitro benzene ring substituents is 1. The number of rotatable bonds is 6. The summed E-state index contributed by atoms with van der Waals surface area (Å²) >= 11 is 6.29. The maximum atomic E-state index is 13.2. The Morgan fingerprint density at radius 2 is 1.81 bits per heavy atom. The fraction of sp³-hybridized carbons (Fsp3) is 0.167. The van der Waals surface area contributed by atoms with Gasteiger partial charge >= 0.3 is 0 Å². The molecule has 0 saturated heterocycles. The minimum absolute atomic E-state index is 0.120. The second-order valence-electron chi connectivity index (χ2n) is 7.30. The first-order chi connectivity index (χ1) is 15.0. The Hall–Kier alpha value is -3.51. The van der Waals surface area contributed by atoms with Crippen LogP contribution in [0.3, 0.4) is 0 Å². The molecule has 31 heavy (non-hydrogen) atoms. The van der Waals surface area contributed by atoms with Crippen molar-refractivity contribution in [1.29, 1.82) is 0 Å². The van der Waals surface area contributed by atoms with Crippen molar-refractivity contribution < 1.29 is 4.92 Å². The van der Waals surface area contributed by atoms with Gasteiger partial charge in [0.2, 0.25) is 0 Å². The molecule has 0 aliphatic carbocycles. The molecular weight excluding hydrogens is 414 g/mol. The molecule has 7 heteroatoms. The summed E-state index contributed by atoms with van der Waals surface area (Å²) < 4.78 is 1.61. The van der Waals surface area contributed by atoms with Crippen molar-refractivity contribution in [2.75, 3.05) is 0 Å². The van der Waals surface area contributed by atoms with Crippen LogP contribution in [-0.2, 0) is 13.0 Å². The molecule has 0 amide bonds. The minimum atomic E-state index is -0.503. The van der Waals surface area contributed by atoms with Crippen molar-refractivity contribution >= 4 is 28.2 Å². The molecule has 0 bridgehead atoms. The number of hydrogen-bond acceptors (Lipinski definition) is 4. The molecule has 0 N–H and O–H groups in total. The number of aryl methyl sites for hydroxylation is 1. The van der Waals surface area contributed by atoms with Crippen molar-refractivity contribution in [3.8, 4) is 11.1 Å². The van der Waals surface area contributed by atoms with Crippen molar-refractivity contribution in [3.63, 3.8) is 0 Å². The largest absolute Gasteiger partial charge is 0.292 e. The summed E-state index contributed by atoms with van der Waals surface area (Å²) in [5, 5.41) is 12.1. The number of aromatic nitrogens is 2. The van der Waals surface area contributed by atoms with E-state index >= 15 is 0 Å². The normalized spacial score (nSPS) is 11.0. The highest BCUT2D eigenvalue weighted by molar-refractivity contribution is 6.33. The van der Waals surface area contributed by atoms with Crippen LogP contribution in [0.1, 0.15) is 24.7 Å². The van der Waals surface area contributed by atoms with E-state index in [4.69, 9.17) is 11.6 Å². The maximum absolute atomic E-state index is 13.2. The standard InChI is InChI=1S/C24H20ClN3O3/c1-2-5-23-26-22-13-12-18(28(30)31)14-20(22)24(29)27(23)15-16-8-10-17(11-9-16)19-6-3-4-7-21(19)25/h3-4,6-14H,2,5,15H2,1H3. The zero-order chi connectivity index (χ0) is 22.0. The van der Waals surface area contributed by atoms with E-state index in [9.17, 15) is 14.9 Å². The first-order valence-electron chi connectivity index (χ1n) is 9.99. The highest BCUT2D eigenvalue weighted by atomic mass is 35.5. The summed E-state index contributed by atoms with van der Waals surface area (Å²) in [5.41, 5.74) is 2.95. The number of nitro groups is 1. The van der Waals surface area contributed by atoms with Gasteiger partial charge < -0.3 is 0 Å². The van der Waals surface area contributed by atoms with E-state index < -0.39 is 4.92 Å². The number of fused-ring (bicyclic) bond motifs is 1. The molecule has 0 aliphatic heterocycles. The van der Waals surface area contributed by atoms with Crippen LogP contribution in [0.25, 0.3) is 22.0 Å². The van der Waals surface area contributed by atoms with Crippen molar-refractivity contribution in [1.82, 2.24) is 9.55 Å². The lowest BCUT2D eigenvalue weighted by Gasteiger charge is -2.14. The molecular formula is C24H20ClN3O3. The van der Waals surface area contributed by atoms with Gasteiger partial charge in [-0.3, -0.25) is 19.5 Å². The Morgan fingerprint density at radius 3 is 2.48 bits per heavy atom. The predicted molar refractivity (Wildman–Crippen MR) is 123 cm³/mol. The maximum Gasteiger partial charge on any atom is 0.270 e. The summed E-state index contributed by atoms with van der Waals surface area (Å²) in [6, 6.07) is 19.7. The molecule has 4 rings (SSSR count). The number of hydrogen-bond donors (Lipinski definition) is 0. The molecule has 1 heterocycles. The van der Waals surface area contributed by atoms with E-state index in [1.54, 1.807) is 4.57 Å². The molecule has 0 atom stereocenters. The van der Waals surface area contributed by atoms with Crippen LogP contribution in [-0.4, -0.2) is 14.5 Å². The highest BCUT2D eigenvalue weighted by Gasteiger charge is 2.15. The first-order valence-corrected chi connectivity index (χ1v) is 10.4. The van der Waals surface area contributed by atoms with E-state index in [-0.39, 0.29) is 16.6 Å². The lowest BCUT2D eigenvalue weighted by Crippen LogP contribution is -2.26. The predicted octanol–water partition coefficient (Wildman–Crippen LogP) is 5.63. The minimum Gasteiger partial charge on any atom is -0.292 e. The Bertz CT molecular complexity index is 1330. The molecule has 6 nitrogen and oxygen atoms in total. The monoisotopic (exact) mass is 433 g/mol. The van der Waals surface area contributed by atoms with E-state index in [0.717, 1.165) is 23.1 Å². The Kier molecular flexibility index (Phi) is 5.82. The fourth-order valence-corrected chi connectivity index (χ4v) is 3.86. The van der Waals surface area contributed by atoms with Crippen LogP contribution in [0.2, 0.25) is 5.02 Å². The summed E-state index contributed by atoms with van der Waals surface area (Å²) in [5.74, 6) is 0.670. The van der Waals surface area contributed by atoms with Gasteiger partial charge in [0.1, 0.15) is 5.82 Å². The number of nitrogens with zero attached hydrogens (tertiary/aromatic N) is 3. The van der Waals surface area contributed by atoms with Gasteiger partial charge in [-0.1, -0.05) is 61.0 Å². The lowest BCUT2D eigenvalue weighted by atomic mass is 10.0. The van der Waals surface area contributed by atoms with Gasteiger partial charge in [0.05, 0.1) is 22.4 Å². The van der Waals surface area contributed by atoms with Gasteiger partial charge in [-0.05, 0) is 29.7 Å². The molecule has 0 fully saturated rings. The topological polar surface area (TPSA) is 78.0 Å². The third kappa shape index (κ3) is 4.20. The second kappa shape index (κ2) is 8.70. The quantitative estimate of drug-likeness (QED) is 0.292. The third-order valence-electron chi connectivity index (χ3n) is 5.18. The zero-order valence-corrected chi connectivity index (χ0v) is 17.7. The Balaban J connectivity index is 1.75. The van der Waals surface area contributed by atoms with Gasteiger partial charge in [0.25, 0.3) is 11.2 Å². The molecule has 156 valence electrons. The lowest BCUT2D eigenvalue weighted by molar-refractivity contribution is -0.384. The van der Waals surface area contributed by atoms with Gasteiger partial charge in [0.15, 0.2) is 0 Å². The van der Waals surface area contributed by atoms with E-state index in [1.807, 2.05) is 55.5 Å². The van der Waals surface area contributed by atoms with E-state index in [0.29, 0.717) is 29.3 Å². The van der Waals surface area contributed by atoms with Gasteiger partial charge in [-0.25, -0.2) is 4.98 Å². The highest BCUT2D eigenvalue weighted by Crippen LogP contribution is 2.27. The van der Waals surface area contributed by atoms with Crippen LogP contribution in [0.15, 0.2) is 71.5 Å². The summed E-state index contributed by atoms with van der Waals surface area (Å²) in [6.07, 6.45) is 1.47. The van der Waals surface area contributed by atoms with Crippen molar-refractivity contribution in [3.05, 3.63) is 104 Å². The average Bonchev–Trinajstić information content (AvgIpc) is 2.77. The Labute approximate surface area is 183 Å². The molecule has 1 aromatic heterocycles. The summed E-state index contributed by atoms with van der Waals surface area (Å²) in [7, 11) is 0. The van der Waals surface area contributed by atoms with Crippen LogP contribution < -0.4 is 5.56 Å². The van der Waals surface area contributed by atoms with Crippen LogP contribution in [0.4, 0.5) is 5.69 Å². The third-order valence-corrected chi connectivity index (χ3v) is 5.51. The second-order valence-corrected chi connectivity index (χ2v) is 7.71. The summed E-state index contributed by atoms with van der Waals surface area (Å²) in [6.45, 7) is 2.36. The molecule has 0 radical (unpaired) electrons. The zero-order valence-electron chi connectivity index (χ0n) is 16.9. The Morgan fingerprint density at radius 1 is 1.06 bits per heavy atom. The number of halogens is 1. The molecule has 0 saturated carbocycles. The molecule has 0 spiro atoms. The van der Waals surface area contributed by atoms with Gasteiger partial charge in [-0.2, -0.15) is 0 Å². The van der Waals surface area contributed by atoms with Gasteiger partial charge in [0, 0.05) is 29.1 Å². The fourth-order valence-electron chi connectivity index (χ4n) is 3.61. The van der Waals surface area contributed by atoms with E-state index in [2.05, 4.69) is 4.98 Å². The molecule has 0 unspecified atom stereocenters. The summed E-state index contributed by atoms with van der Waals surface area (Å²) in [4.78, 5) is 28.5. The van der Waals surface area contributed by atoms with E-state index in [1.165, 1.54) is 18.2 Å². The van der Waals surface area contributed by atoms with Crippen molar-refractivity contribution in [2.24, 2.45) is 0 Å².